The molecule has 0 fully saturated rings. The van der Waals surface area contributed by atoms with Gasteiger partial charge < -0.3 is 23.9 Å². The van der Waals surface area contributed by atoms with Crippen LogP contribution >= 0.6 is 22.6 Å². The number of hydrogen-bond acceptors (Lipinski definition) is 11. The van der Waals surface area contributed by atoms with Gasteiger partial charge in [-0.15, -0.1) is 0 Å². The zero-order valence-electron chi connectivity index (χ0n) is 22.4. The van der Waals surface area contributed by atoms with Crippen molar-refractivity contribution in [3.8, 4) is 11.5 Å². The number of hydrogen-bond donors (Lipinski definition) is 0. The second-order valence-electron chi connectivity index (χ2n) is 8.54. The number of benzene rings is 3. The molecule has 260 valence electrons. The van der Waals surface area contributed by atoms with Crippen molar-refractivity contribution in [2.75, 3.05) is 19.0 Å². The fraction of sp³-hybridized carbons (Fsp3) is 0.125. The molecule has 0 atom stereocenters. The lowest BCUT2D eigenvalue weighted by Gasteiger charge is -2.14. The molecular formula is C24H9F9INO11S2-2. The highest BCUT2D eigenvalue weighted by atomic mass is 127. The highest BCUT2D eigenvalue weighted by Crippen LogP contribution is 2.33. The maximum absolute atomic E-state index is 14.1. The van der Waals surface area contributed by atoms with Gasteiger partial charge in [-0.1, -0.05) is 0 Å². The third-order valence-corrected chi connectivity index (χ3v) is 8.22. The lowest BCUT2D eigenvalue weighted by Crippen LogP contribution is -2.27. The van der Waals surface area contributed by atoms with Gasteiger partial charge in [0, 0.05) is 5.90 Å². The lowest BCUT2D eigenvalue weighted by atomic mass is 10.1. The smallest absolute Gasteiger partial charge is 0.344 e. The van der Waals surface area contributed by atoms with Crippen molar-refractivity contribution in [3.63, 3.8) is 0 Å². The number of carbonyl (C=O) groups excluding carboxylic acids is 2. The van der Waals surface area contributed by atoms with E-state index in [1.165, 1.54) is 22.6 Å². The molecule has 48 heavy (non-hydrogen) atoms. The molecule has 0 N–H and O–H groups in total. The molecule has 3 aromatic carbocycles. The normalized spacial score (nSPS) is 12.2. The third kappa shape index (κ3) is 8.27. The molecule has 0 heterocycles. The highest BCUT2D eigenvalue weighted by Gasteiger charge is 2.32. The van der Waals surface area contributed by atoms with Crippen LogP contribution in [-0.4, -0.2) is 58.2 Å². The summed E-state index contributed by atoms with van der Waals surface area (Å²) < 4.78 is 196. The number of ether oxygens (including phenoxy) is 3. The Morgan fingerprint density at radius 1 is 0.792 bits per heavy atom. The Hall–Kier alpha value is -4.17. The quantitative estimate of drug-likeness (QED) is 0.0318. The molecule has 0 spiro atoms. The SMILES string of the molecule is O=C(COc1ccc(C(=O)Oc2c(F)c(F)c(S(=O)(=O)[O-])c(F)c2F)cc1I)OCCS(=O)(=O)/N=C(\[O-])c1c(F)c(F)c(F)c(F)c1F. The van der Waals surface area contributed by atoms with Crippen LogP contribution in [0.15, 0.2) is 27.5 Å². The van der Waals surface area contributed by atoms with E-state index in [1.807, 2.05) is 0 Å². The number of sulfonamides is 1. The molecule has 0 aliphatic heterocycles. The molecule has 0 aliphatic rings. The second-order valence-corrected chi connectivity index (χ2v) is 12.8. The summed E-state index contributed by atoms with van der Waals surface area (Å²) in [6.45, 7) is -2.03. The molecule has 0 saturated carbocycles. The molecule has 0 saturated heterocycles. The molecule has 0 radical (unpaired) electrons. The van der Waals surface area contributed by atoms with Crippen LogP contribution in [0.1, 0.15) is 15.9 Å². The van der Waals surface area contributed by atoms with Crippen molar-refractivity contribution in [2.24, 2.45) is 4.40 Å². The zero-order valence-corrected chi connectivity index (χ0v) is 26.2. The standard InChI is InChI=1S/C24H11F9INO11S2/c25-12-11(13(26)15(28)16(29)14(12)27)23(37)35-47(39,40)4-3-44-10(36)6-45-9-2-1-7(5-8(9)34)24(38)46-21-17(30)19(32)22(48(41,42)43)20(33)18(21)31/h1-2,5H,3-4,6H2,(H,35,37)(H,41,42,43)/p-2. The summed E-state index contributed by atoms with van der Waals surface area (Å²) in [5, 5.41) is 11.8. The van der Waals surface area contributed by atoms with E-state index in [1.54, 1.807) is 0 Å². The molecule has 3 rings (SSSR count). The van der Waals surface area contributed by atoms with Crippen LogP contribution in [0.5, 0.6) is 11.5 Å². The molecule has 12 nitrogen and oxygen atoms in total. The largest absolute Gasteiger partial charge is 0.857 e. The van der Waals surface area contributed by atoms with Crippen LogP contribution in [-0.2, 0) is 29.7 Å². The number of rotatable bonds is 11. The van der Waals surface area contributed by atoms with E-state index in [2.05, 4.69) is 13.9 Å². The minimum absolute atomic E-state index is 0.0334. The van der Waals surface area contributed by atoms with Crippen molar-refractivity contribution in [1.29, 1.82) is 0 Å². The Morgan fingerprint density at radius 3 is 1.81 bits per heavy atom. The molecule has 0 aromatic heterocycles. The first-order chi connectivity index (χ1) is 22.1. The van der Waals surface area contributed by atoms with Crippen molar-refractivity contribution in [1.82, 2.24) is 0 Å². The zero-order chi connectivity index (χ0) is 36.5. The molecule has 0 unspecified atom stereocenters. The lowest BCUT2D eigenvalue weighted by molar-refractivity contribution is -0.212. The van der Waals surface area contributed by atoms with Crippen LogP contribution in [0.2, 0.25) is 0 Å². The topological polar surface area (TPSA) is 189 Å². The van der Waals surface area contributed by atoms with Crippen LogP contribution in [0, 0.1) is 55.9 Å². The minimum Gasteiger partial charge on any atom is -0.857 e. The van der Waals surface area contributed by atoms with Crippen molar-refractivity contribution in [3.05, 3.63) is 85.3 Å². The summed E-state index contributed by atoms with van der Waals surface area (Å²) in [7, 11) is -11.0. The van der Waals surface area contributed by atoms with Gasteiger partial charge in [0.2, 0.25) is 23.2 Å². The fourth-order valence-electron chi connectivity index (χ4n) is 3.25. The van der Waals surface area contributed by atoms with Gasteiger partial charge >= 0.3 is 11.9 Å². The van der Waals surface area contributed by atoms with E-state index < -0.39 is 131 Å². The predicted molar refractivity (Wildman–Crippen MR) is 141 cm³/mol. The van der Waals surface area contributed by atoms with Gasteiger partial charge in [0.15, 0.2) is 41.5 Å². The van der Waals surface area contributed by atoms with E-state index >= 15 is 0 Å². The van der Waals surface area contributed by atoms with Crippen molar-refractivity contribution >= 4 is 60.6 Å². The van der Waals surface area contributed by atoms with Gasteiger partial charge in [-0.3, -0.25) is 0 Å². The Balaban J connectivity index is 1.62. The van der Waals surface area contributed by atoms with E-state index in [0.717, 1.165) is 18.2 Å². The molecule has 0 aliphatic carbocycles. The Labute approximate surface area is 274 Å². The van der Waals surface area contributed by atoms with Crippen LogP contribution in [0.3, 0.4) is 0 Å². The summed E-state index contributed by atoms with van der Waals surface area (Å²) in [5.41, 5.74) is -2.70. The number of halogens is 10. The fourth-order valence-corrected chi connectivity index (χ4v) is 5.26. The number of carbonyl (C=O) groups is 2. The van der Waals surface area contributed by atoms with E-state index in [4.69, 9.17) is 4.74 Å². The van der Waals surface area contributed by atoms with E-state index in [0.29, 0.717) is 0 Å². The highest BCUT2D eigenvalue weighted by molar-refractivity contribution is 14.1. The maximum Gasteiger partial charge on any atom is 0.344 e. The van der Waals surface area contributed by atoms with Crippen LogP contribution < -0.4 is 14.6 Å². The Bertz CT molecular complexity index is 2040. The number of esters is 2. The maximum atomic E-state index is 14.1. The van der Waals surface area contributed by atoms with Gasteiger partial charge in [0.1, 0.15) is 33.1 Å². The molecule has 24 heteroatoms. The van der Waals surface area contributed by atoms with Crippen LogP contribution in [0.4, 0.5) is 39.5 Å². The van der Waals surface area contributed by atoms with Crippen molar-refractivity contribution < 1.29 is 89.8 Å². The minimum atomic E-state index is -6.03. The molecular weight excluding hydrogens is 840 g/mol. The summed E-state index contributed by atoms with van der Waals surface area (Å²) in [4.78, 5) is 21.7. The summed E-state index contributed by atoms with van der Waals surface area (Å²) >= 11 is 1.50. The molecule has 3 aromatic rings. The monoisotopic (exact) mass is 849 g/mol. The predicted octanol–water partition coefficient (Wildman–Crippen LogP) is 2.73. The van der Waals surface area contributed by atoms with E-state index in [-0.39, 0.29) is 9.32 Å². The van der Waals surface area contributed by atoms with Crippen molar-refractivity contribution in [2.45, 2.75) is 4.90 Å². The van der Waals surface area contributed by atoms with Gasteiger partial charge in [-0.2, -0.15) is 13.2 Å². The molecule has 0 amide bonds. The summed E-state index contributed by atoms with van der Waals surface area (Å²) in [6, 6.07) is 2.71. The summed E-state index contributed by atoms with van der Waals surface area (Å²) in [6.07, 6.45) is 0. The van der Waals surface area contributed by atoms with Gasteiger partial charge in [0.25, 0.3) is 10.0 Å². The first kappa shape index (κ1) is 38.3. The van der Waals surface area contributed by atoms with Gasteiger partial charge in [0.05, 0.1) is 14.7 Å². The van der Waals surface area contributed by atoms with E-state index in [9.17, 15) is 75.6 Å². The second kappa shape index (κ2) is 14.5. The summed E-state index contributed by atoms with van der Waals surface area (Å²) in [5.74, 6) is -32.1. The number of nitrogens with zero attached hydrogens (tertiary/aromatic N) is 1. The van der Waals surface area contributed by atoms with Crippen LogP contribution in [0.25, 0.3) is 0 Å². The average Bonchev–Trinajstić information content (AvgIpc) is 2.98. The average molecular weight is 849 g/mol. The first-order valence-corrected chi connectivity index (χ1v) is 15.8. The first-order valence-electron chi connectivity index (χ1n) is 11.7. The Kier molecular flexibility index (Phi) is 11.6. The van der Waals surface area contributed by atoms with Gasteiger partial charge in [-0.05, 0) is 40.8 Å². The van der Waals surface area contributed by atoms with Gasteiger partial charge in [-0.25, -0.2) is 57.2 Å². The molecule has 0 bridgehead atoms. The third-order valence-electron chi connectivity index (χ3n) is 5.39. The Morgan fingerprint density at radius 2 is 1.31 bits per heavy atom.